The van der Waals surface area contributed by atoms with Gasteiger partial charge in [0.05, 0.1) is 6.61 Å². The number of imide groups is 1. The smallest absolute Gasteiger partial charge is 0.325 e. The van der Waals surface area contributed by atoms with E-state index >= 15 is 0 Å². The maximum absolute atomic E-state index is 12.6. The molecule has 2 saturated heterocycles. The van der Waals surface area contributed by atoms with Gasteiger partial charge in [0, 0.05) is 53.4 Å². The minimum Gasteiger partial charge on any atom is -0.383 e. The Morgan fingerprint density at radius 2 is 1.97 bits per heavy atom. The summed E-state index contributed by atoms with van der Waals surface area (Å²) in [6.45, 7) is 7.57. The lowest BCUT2D eigenvalue weighted by Gasteiger charge is -2.40. The Morgan fingerprint density at radius 1 is 1.20 bits per heavy atom. The van der Waals surface area contributed by atoms with Crippen LogP contribution in [-0.4, -0.2) is 103 Å². The van der Waals surface area contributed by atoms with E-state index < -0.39 is 18.2 Å². The van der Waals surface area contributed by atoms with Gasteiger partial charge < -0.3 is 19.4 Å². The number of nitrogens with zero attached hydrogens (tertiary/aromatic N) is 5. The van der Waals surface area contributed by atoms with E-state index in [2.05, 4.69) is 46.3 Å². The number of amides is 3. The number of guanidine groups is 1. The first kappa shape index (κ1) is 20.6. The van der Waals surface area contributed by atoms with Crippen LogP contribution in [0.15, 0.2) is 29.3 Å². The highest BCUT2D eigenvalue weighted by molar-refractivity contribution is 6.03. The number of aryl methyl sites for hydroxylation is 1. The van der Waals surface area contributed by atoms with E-state index in [0.29, 0.717) is 13.2 Å². The monoisotopic (exact) mass is 414 g/mol. The van der Waals surface area contributed by atoms with Crippen molar-refractivity contribution in [3.05, 3.63) is 35.4 Å². The summed E-state index contributed by atoms with van der Waals surface area (Å²) >= 11 is 0. The summed E-state index contributed by atoms with van der Waals surface area (Å²) in [6.07, 6.45) is -0.497. The molecule has 0 aromatic heterocycles. The molecule has 1 aromatic carbocycles. The molecule has 9 heteroatoms. The summed E-state index contributed by atoms with van der Waals surface area (Å²) in [5.74, 6) is 0.491. The van der Waals surface area contributed by atoms with Crippen molar-refractivity contribution in [1.82, 2.24) is 24.9 Å². The number of hydrogen-bond acceptors (Lipinski definition) is 7. The molecule has 9 nitrogen and oxygen atoms in total. The summed E-state index contributed by atoms with van der Waals surface area (Å²) in [6, 6.07) is 7.71. The normalized spacial score (nSPS) is 24.8. The van der Waals surface area contributed by atoms with Crippen molar-refractivity contribution < 1.29 is 14.3 Å². The molecule has 30 heavy (non-hydrogen) atoms. The number of likely N-dealkylation sites (N-methyl/N-ethyl adjacent to an activating group) is 1. The Hall–Kier alpha value is -2.65. The number of nitrogens with one attached hydrogen (secondary N) is 1. The minimum absolute atomic E-state index is 0.295. The van der Waals surface area contributed by atoms with Gasteiger partial charge in [0.15, 0.2) is 18.2 Å². The van der Waals surface area contributed by atoms with E-state index in [4.69, 9.17) is 9.73 Å². The second-order valence-corrected chi connectivity index (χ2v) is 8.13. The SMILES string of the molecule is COCCN1C(N2CCN(Cc3cccc(C)c3)CC2)=NC2C1C(=O)NC(=O)N2C. The third-order valence-corrected chi connectivity index (χ3v) is 6.02. The number of carbonyl (C=O) groups is 2. The highest BCUT2D eigenvalue weighted by atomic mass is 16.5. The predicted molar refractivity (Wildman–Crippen MR) is 113 cm³/mol. The molecule has 0 spiro atoms. The molecular weight excluding hydrogens is 384 g/mol. The molecule has 4 rings (SSSR count). The largest absolute Gasteiger partial charge is 0.383 e. The second-order valence-electron chi connectivity index (χ2n) is 8.13. The van der Waals surface area contributed by atoms with Crippen LogP contribution >= 0.6 is 0 Å². The van der Waals surface area contributed by atoms with Gasteiger partial charge in [-0.1, -0.05) is 29.8 Å². The summed E-state index contributed by atoms with van der Waals surface area (Å²) < 4.78 is 5.26. The van der Waals surface area contributed by atoms with Gasteiger partial charge in [0.1, 0.15) is 0 Å². The number of fused-ring (bicyclic) bond motifs is 1. The Labute approximate surface area is 177 Å². The van der Waals surface area contributed by atoms with Crippen LogP contribution in [0.5, 0.6) is 0 Å². The van der Waals surface area contributed by atoms with Gasteiger partial charge in [0.25, 0.3) is 5.91 Å². The number of aliphatic imine (C=N–C) groups is 1. The Kier molecular flexibility index (Phi) is 5.92. The number of hydrogen-bond donors (Lipinski definition) is 1. The van der Waals surface area contributed by atoms with Gasteiger partial charge >= 0.3 is 6.03 Å². The third kappa shape index (κ3) is 3.99. The van der Waals surface area contributed by atoms with E-state index in [9.17, 15) is 9.59 Å². The van der Waals surface area contributed by atoms with Crippen molar-refractivity contribution in [3.8, 4) is 0 Å². The maximum Gasteiger partial charge on any atom is 0.325 e. The third-order valence-electron chi connectivity index (χ3n) is 6.02. The van der Waals surface area contributed by atoms with Crippen molar-refractivity contribution >= 4 is 17.9 Å². The zero-order chi connectivity index (χ0) is 21.3. The Balaban J connectivity index is 1.45. The number of piperazine rings is 1. The molecule has 3 aliphatic heterocycles. The topological polar surface area (TPSA) is 80.7 Å². The van der Waals surface area contributed by atoms with Crippen LogP contribution in [0.2, 0.25) is 0 Å². The quantitative estimate of drug-likeness (QED) is 0.747. The first-order valence-electron chi connectivity index (χ1n) is 10.4. The molecule has 0 bridgehead atoms. The van der Waals surface area contributed by atoms with E-state index in [1.807, 2.05) is 4.90 Å². The Bertz CT molecular complexity index is 836. The number of rotatable bonds is 5. The van der Waals surface area contributed by atoms with Crippen LogP contribution in [0, 0.1) is 6.92 Å². The number of urea groups is 1. The van der Waals surface area contributed by atoms with E-state index in [1.165, 1.54) is 16.0 Å². The lowest BCUT2D eigenvalue weighted by atomic mass is 10.1. The molecule has 3 heterocycles. The first-order valence-corrected chi connectivity index (χ1v) is 10.4. The predicted octanol–water partition coefficient (Wildman–Crippen LogP) is 0.307. The molecule has 1 aromatic rings. The summed E-state index contributed by atoms with van der Waals surface area (Å²) in [5, 5.41) is 2.43. The second kappa shape index (κ2) is 8.61. The summed E-state index contributed by atoms with van der Waals surface area (Å²) in [4.78, 5) is 37.6. The van der Waals surface area contributed by atoms with E-state index in [-0.39, 0.29) is 5.91 Å². The van der Waals surface area contributed by atoms with Crippen LogP contribution in [0.25, 0.3) is 0 Å². The van der Waals surface area contributed by atoms with Gasteiger partial charge in [-0.2, -0.15) is 0 Å². The fraction of sp³-hybridized carbons (Fsp3) is 0.571. The van der Waals surface area contributed by atoms with Gasteiger partial charge in [-0.05, 0) is 12.5 Å². The molecular formula is C21H30N6O3. The number of methoxy groups -OCH3 is 1. The maximum atomic E-state index is 12.6. The lowest BCUT2D eigenvalue weighted by molar-refractivity contribution is -0.127. The van der Waals surface area contributed by atoms with E-state index in [0.717, 1.165) is 38.7 Å². The molecule has 2 atom stereocenters. The zero-order valence-corrected chi connectivity index (χ0v) is 17.9. The zero-order valence-electron chi connectivity index (χ0n) is 17.9. The van der Waals surface area contributed by atoms with Crippen LogP contribution in [0.3, 0.4) is 0 Å². The number of carbonyl (C=O) groups excluding carboxylic acids is 2. The molecule has 3 amide bonds. The number of ether oxygens (including phenoxy) is 1. The highest BCUT2D eigenvalue weighted by Crippen LogP contribution is 2.26. The molecule has 3 aliphatic rings. The highest BCUT2D eigenvalue weighted by Gasteiger charge is 2.49. The molecule has 162 valence electrons. The van der Waals surface area contributed by atoms with Crippen LogP contribution < -0.4 is 5.32 Å². The average molecular weight is 415 g/mol. The summed E-state index contributed by atoms with van der Waals surface area (Å²) in [7, 11) is 3.32. The van der Waals surface area contributed by atoms with Gasteiger partial charge in [-0.15, -0.1) is 0 Å². The number of benzene rings is 1. The molecule has 2 fully saturated rings. The standard InChI is InChI=1S/C21H30N6O3/c1-15-5-4-6-16(13-15)14-25-7-9-26(10-8-25)20-22-18-17(27(20)11-12-30-3)19(28)23-21(29)24(18)2/h4-6,13,17-18H,7-12,14H2,1-3H3,(H,23,28,29). The lowest BCUT2D eigenvalue weighted by Crippen LogP contribution is -2.65. The average Bonchev–Trinajstić information content (AvgIpc) is 3.11. The van der Waals surface area contributed by atoms with Gasteiger partial charge in [0.2, 0.25) is 0 Å². The Morgan fingerprint density at radius 3 is 2.67 bits per heavy atom. The van der Waals surface area contributed by atoms with Crippen LogP contribution in [-0.2, 0) is 16.1 Å². The van der Waals surface area contributed by atoms with Crippen molar-refractivity contribution in [3.63, 3.8) is 0 Å². The first-order chi connectivity index (χ1) is 14.5. The molecule has 0 aliphatic carbocycles. The van der Waals surface area contributed by atoms with Crippen molar-refractivity contribution in [2.75, 3.05) is 53.5 Å². The fourth-order valence-electron chi connectivity index (χ4n) is 4.38. The summed E-state index contributed by atoms with van der Waals surface area (Å²) in [5.41, 5.74) is 2.60. The van der Waals surface area contributed by atoms with Gasteiger partial charge in [-0.25, -0.2) is 9.79 Å². The molecule has 0 saturated carbocycles. The van der Waals surface area contributed by atoms with Crippen LogP contribution in [0.4, 0.5) is 4.79 Å². The molecule has 2 unspecified atom stereocenters. The van der Waals surface area contributed by atoms with Crippen molar-refractivity contribution in [1.29, 1.82) is 0 Å². The van der Waals surface area contributed by atoms with Gasteiger partial charge in [-0.3, -0.25) is 15.0 Å². The fourth-order valence-corrected chi connectivity index (χ4v) is 4.38. The van der Waals surface area contributed by atoms with E-state index in [1.54, 1.807) is 14.2 Å². The molecule has 1 N–H and O–H groups in total. The van der Waals surface area contributed by atoms with Crippen molar-refractivity contribution in [2.24, 2.45) is 4.99 Å². The minimum atomic E-state index is -0.511. The van der Waals surface area contributed by atoms with Crippen molar-refractivity contribution in [2.45, 2.75) is 25.7 Å². The molecule has 0 radical (unpaired) electrons. The van der Waals surface area contributed by atoms with Crippen LogP contribution in [0.1, 0.15) is 11.1 Å².